The number of hydrogen-bond donors (Lipinski definition) is 1. The van der Waals surface area contributed by atoms with Crippen molar-refractivity contribution in [1.82, 2.24) is 15.2 Å². The number of nitrogens with one attached hydrogen (secondary N) is 1. The van der Waals surface area contributed by atoms with Gasteiger partial charge in [0.25, 0.3) is 0 Å². The largest absolute Gasteiger partial charge is 0.353 e. The fourth-order valence-corrected chi connectivity index (χ4v) is 2.44. The lowest BCUT2D eigenvalue weighted by atomic mass is 10.1. The van der Waals surface area contributed by atoms with Gasteiger partial charge in [-0.1, -0.05) is 6.07 Å². The highest BCUT2D eigenvalue weighted by Gasteiger charge is 2.24. The van der Waals surface area contributed by atoms with Gasteiger partial charge in [-0.15, -0.1) is 0 Å². The van der Waals surface area contributed by atoms with E-state index in [0.717, 1.165) is 18.9 Å². The highest BCUT2D eigenvalue weighted by Crippen LogP contribution is 2.13. The van der Waals surface area contributed by atoms with Gasteiger partial charge < -0.3 is 15.1 Å². The smallest absolute Gasteiger partial charge is 0.232 e. The van der Waals surface area contributed by atoms with Crippen LogP contribution in [0, 0.1) is 0 Å². The summed E-state index contributed by atoms with van der Waals surface area (Å²) in [6, 6.07) is 5.81. The molecule has 1 aliphatic rings. The first-order valence-electron chi connectivity index (χ1n) is 7.60. The zero-order valence-corrected chi connectivity index (χ0v) is 13.5. The molecule has 1 aliphatic heterocycles. The first-order chi connectivity index (χ1) is 10.3. The first kappa shape index (κ1) is 16.3. The zero-order chi connectivity index (χ0) is 16.2. The molecular weight excluding hydrogens is 280 g/mol. The van der Waals surface area contributed by atoms with E-state index >= 15 is 0 Å². The molecule has 2 rings (SSSR count). The van der Waals surface area contributed by atoms with Crippen LogP contribution in [-0.4, -0.2) is 53.4 Å². The lowest BCUT2D eigenvalue weighted by Gasteiger charge is -2.35. The minimum atomic E-state index is -0.310. The molecule has 0 aromatic carbocycles. The molecule has 6 nitrogen and oxygen atoms in total. The molecule has 0 aliphatic carbocycles. The quantitative estimate of drug-likeness (QED) is 0.847. The lowest BCUT2D eigenvalue weighted by molar-refractivity contribution is -0.136. The Morgan fingerprint density at radius 2 is 1.86 bits per heavy atom. The van der Waals surface area contributed by atoms with E-state index in [-0.39, 0.29) is 23.8 Å². The Morgan fingerprint density at radius 3 is 2.41 bits per heavy atom. The number of carbonyl (C=O) groups is 2. The van der Waals surface area contributed by atoms with Crippen molar-refractivity contribution in [3.63, 3.8) is 0 Å². The summed E-state index contributed by atoms with van der Waals surface area (Å²) in [5, 5.41) is 2.82. The molecule has 0 saturated carbocycles. The summed E-state index contributed by atoms with van der Waals surface area (Å²) in [6.07, 6.45) is 1.69. The van der Waals surface area contributed by atoms with Gasteiger partial charge in [-0.05, 0) is 32.9 Å². The Morgan fingerprint density at radius 1 is 1.18 bits per heavy atom. The van der Waals surface area contributed by atoms with Crippen molar-refractivity contribution >= 4 is 17.6 Å². The second-order valence-corrected chi connectivity index (χ2v) is 6.53. The highest BCUT2D eigenvalue weighted by atomic mass is 16.2. The van der Waals surface area contributed by atoms with Gasteiger partial charge in [0.15, 0.2) is 0 Å². The topological polar surface area (TPSA) is 65.5 Å². The van der Waals surface area contributed by atoms with Gasteiger partial charge in [0.05, 0.1) is 0 Å². The maximum Gasteiger partial charge on any atom is 0.232 e. The SMILES string of the molecule is CC(C)(C)NC(=O)CC(=O)N1CCN(c2ccccn2)CC1. The van der Waals surface area contributed by atoms with Crippen molar-refractivity contribution in [3.8, 4) is 0 Å². The number of hydrogen-bond acceptors (Lipinski definition) is 4. The third-order valence-electron chi connectivity index (χ3n) is 3.43. The normalized spacial score (nSPS) is 15.6. The predicted octanol–water partition coefficient (Wildman–Crippen LogP) is 1.03. The van der Waals surface area contributed by atoms with Crippen molar-refractivity contribution in [2.24, 2.45) is 0 Å². The number of amides is 2. The van der Waals surface area contributed by atoms with Crippen LogP contribution in [0.15, 0.2) is 24.4 Å². The van der Waals surface area contributed by atoms with Crippen LogP contribution in [-0.2, 0) is 9.59 Å². The predicted molar refractivity (Wildman–Crippen MR) is 85.5 cm³/mol. The van der Waals surface area contributed by atoms with E-state index in [1.165, 1.54) is 0 Å². The van der Waals surface area contributed by atoms with Gasteiger partial charge in [-0.3, -0.25) is 9.59 Å². The monoisotopic (exact) mass is 304 g/mol. The molecule has 120 valence electrons. The van der Waals surface area contributed by atoms with E-state index < -0.39 is 0 Å². The molecule has 1 aromatic heterocycles. The van der Waals surface area contributed by atoms with Gasteiger partial charge in [0.1, 0.15) is 12.2 Å². The van der Waals surface area contributed by atoms with Crippen molar-refractivity contribution < 1.29 is 9.59 Å². The lowest BCUT2D eigenvalue weighted by Crippen LogP contribution is -2.50. The van der Waals surface area contributed by atoms with Crippen LogP contribution < -0.4 is 10.2 Å². The Labute approximate surface area is 131 Å². The van der Waals surface area contributed by atoms with E-state index in [2.05, 4.69) is 15.2 Å². The average Bonchev–Trinajstić information content (AvgIpc) is 2.46. The maximum atomic E-state index is 12.2. The van der Waals surface area contributed by atoms with Gasteiger partial charge in [-0.2, -0.15) is 0 Å². The molecule has 0 bridgehead atoms. The summed E-state index contributed by atoms with van der Waals surface area (Å²) in [6.45, 7) is 8.44. The van der Waals surface area contributed by atoms with Crippen molar-refractivity contribution in [1.29, 1.82) is 0 Å². The molecular formula is C16H24N4O2. The maximum absolute atomic E-state index is 12.2. The number of piperazine rings is 1. The van der Waals surface area contributed by atoms with E-state index in [1.807, 2.05) is 39.0 Å². The van der Waals surface area contributed by atoms with Crippen LogP contribution in [0.2, 0.25) is 0 Å². The number of nitrogens with zero attached hydrogens (tertiary/aromatic N) is 3. The fourth-order valence-electron chi connectivity index (χ4n) is 2.44. The van der Waals surface area contributed by atoms with Crippen LogP contribution in [0.1, 0.15) is 27.2 Å². The van der Waals surface area contributed by atoms with Crippen LogP contribution in [0.3, 0.4) is 0 Å². The number of aromatic nitrogens is 1. The molecule has 22 heavy (non-hydrogen) atoms. The minimum Gasteiger partial charge on any atom is -0.353 e. The van der Waals surface area contributed by atoms with Gasteiger partial charge in [-0.25, -0.2) is 4.98 Å². The summed E-state index contributed by atoms with van der Waals surface area (Å²) in [4.78, 5) is 32.2. The number of pyridine rings is 1. The molecule has 1 N–H and O–H groups in total. The van der Waals surface area contributed by atoms with Crippen molar-refractivity contribution in [2.75, 3.05) is 31.1 Å². The van der Waals surface area contributed by atoms with E-state index in [9.17, 15) is 9.59 Å². The van der Waals surface area contributed by atoms with Crippen LogP contribution in [0.25, 0.3) is 0 Å². The summed E-state index contributed by atoms with van der Waals surface area (Å²) in [5.74, 6) is 0.604. The van der Waals surface area contributed by atoms with Gasteiger partial charge in [0.2, 0.25) is 11.8 Å². The molecule has 0 unspecified atom stereocenters. The molecule has 2 amide bonds. The van der Waals surface area contributed by atoms with Crippen molar-refractivity contribution in [2.45, 2.75) is 32.7 Å². The fraction of sp³-hybridized carbons (Fsp3) is 0.562. The van der Waals surface area contributed by atoms with Gasteiger partial charge in [0, 0.05) is 37.9 Å². The van der Waals surface area contributed by atoms with Crippen LogP contribution in [0.5, 0.6) is 0 Å². The Bertz CT molecular complexity index is 517. The molecule has 0 atom stereocenters. The van der Waals surface area contributed by atoms with E-state index in [1.54, 1.807) is 11.1 Å². The molecule has 0 spiro atoms. The summed E-state index contributed by atoms with van der Waals surface area (Å²) in [7, 11) is 0. The van der Waals surface area contributed by atoms with E-state index in [4.69, 9.17) is 0 Å². The number of carbonyl (C=O) groups excluding carboxylic acids is 2. The number of anilines is 1. The van der Waals surface area contributed by atoms with Crippen LogP contribution in [0.4, 0.5) is 5.82 Å². The molecule has 0 radical (unpaired) electrons. The Hall–Kier alpha value is -2.11. The third-order valence-corrected chi connectivity index (χ3v) is 3.43. The van der Waals surface area contributed by atoms with Gasteiger partial charge >= 0.3 is 0 Å². The highest BCUT2D eigenvalue weighted by molar-refractivity contribution is 5.97. The average molecular weight is 304 g/mol. The molecule has 6 heteroatoms. The standard InChI is InChI=1S/C16H24N4O2/c1-16(2,3)18-14(21)12-15(22)20-10-8-19(9-11-20)13-6-4-5-7-17-13/h4-7H,8-12H2,1-3H3,(H,18,21). The summed E-state index contributed by atoms with van der Waals surface area (Å²) < 4.78 is 0. The van der Waals surface area contributed by atoms with Crippen LogP contribution >= 0.6 is 0 Å². The van der Waals surface area contributed by atoms with Crippen molar-refractivity contribution in [3.05, 3.63) is 24.4 Å². The second kappa shape index (κ2) is 6.77. The first-order valence-corrected chi connectivity index (χ1v) is 7.60. The molecule has 1 saturated heterocycles. The zero-order valence-electron chi connectivity index (χ0n) is 13.5. The Kier molecular flexibility index (Phi) is 5.00. The summed E-state index contributed by atoms with van der Waals surface area (Å²) >= 11 is 0. The Balaban J connectivity index is 1.81. The molecule has 1 fully saturated rings. The number of rotatable bonds is 3. The molecule has 2 heterocycles. The molecule has 1 aromatic rings. The second-order valence-electron chi connectivity index (χ2n) is 6.53. The van der Waals surface area contributed by atoms with E-state index in [0.29, 0.717) is 13.1 Å². The minimum absolute atomic E-state index is 0.0825. The summed E-state index contributed by atoms with van der Waals surface area (Å²) in [5.41, 5.74) is -0.310. The third kappa shape index (κ3) is 4.72.